The summed E-state index contributed by atoms with van der Waals surface area (Å²) in [4.78, 5) is 22.0. The van der Waals surface area contributed by atoms with E-state index >= 15 is 0 Å². The lowest BCUT2D eigenvalue weighted by molar-refractivity contribution is -0.384. The van der Waals surface area contributed by atoms with Gasteiger partial charge in [-0.3, -0.25) is 19.6 Å². The number of hydrogen-bond acceptors (Lipinski definition) is 6. The Bertz CT molecular complexity index is 1240. The Balaban J connectivity index is 2.14. The molecule has 0 bridgehead atoms. The average Bonchev–Trinajstić information content (AvgIpc) is 3.03. The predicted molar refractivity (Wildman–Crippen MR) is 108 cm³/mol. The molecule has 3 rings (SSSR count). The third kappa shape index (κ3) is 4.17. The van der Waals surface area contributed by atoms with Crippen molar-refractivity contribution < 1.29 is 22.9 Å². The van der Waals surface area contributed by atoms with Crippen molar-refractivity contribution in [2.75, 3.05) is 11.8 Å². The van der Waals surface area contributed by atoms with Crippen LogP contribution in [0.2, 0.25) is 5.02 Å². The van der Waals surface area contributed by atoms with Crippen molar-refractivity contribution in [2.24, 2.45) is 0 Å². The Morgan fingerprint density at radius 1 is 1.28 bits per heavy atom. The quantitative estimate of drug-likeness (QED) is 0.358. The molecule has 0 aliphatic heterocycles. The Labute approximate surface area is 171 Å². The molecular weight excluding hydrogens is 422 g/mol. The maximum Gasteiger partial charge on any atom is 0.325 e. The number of aryl methyl sites for hydroxylation is 1. The van der Waals surface area contributed by atoms with Gasteiger partial charge in [0, 0.05) is 28.7 Å². The number of aromatic nitrogens is 1. The molecule has 9 nitrogen and oxygen atoms in total. The molecule has 11 heteroatoms. The van der Waals surface area contributed by atoms with Crippen LogP contribution < -0.4 is 4.72 Å². The van der Waals surface area contributed by atoms with E-state index in [2.05, 4.69) is 9.46 Å². The molecule has 0 unspecified atom stereocenters. The van der Waals surface area contributed by atoms with Crippen molar-refractivity contribution in [3.63, 3.8) is 0 Å². The molecule has 0 radical (unpaired) electrons. The van der Waals surface area contributed by atoms with Crippen LogP contribution in [0, 0.1) is 17.0 Å². The minimum Gasteiger partial charge on any atom is -0.468 e. The number of non-ortho nitro benzene ring substituents is 1. The van der Waals surface area contributed by atoms with Crippen molar-refractivity contribution in [3.8, 4) is 0 Å². The average molecular weight is 438 g/mol. The fourth-order valence-corrected chi connectivity index (χ4v) is 4.23. The van der Waals surface area contributed by atoms with Gasteiger partial charge in [-0.2, -0.15) is 0 Å². The van der Waals surface area contributed by atoms with Crippen molar-refractivity contribution in [1.82, 2.24) is 4.57 Å². The summed E-state index contributed by atoms with van der Waals surface area (Å²) < 4.78 is 34.4. The van der Waals surface area contributed by atoms with E-state index in [-0.39, 0.29) is 28.2 Å². The second-order valence-corrected chi connectivity index (χ2v) is 8.28. The van der Waals surface area contributed by atoms with Gasteiger partial charge in [0.2, 0.25) is 0 Å². The second-order valence-electron chi connectivity index (χ2n) is 6.23. The summed E-state index contributed by atoms with van der Waals surface area (Å²) >= 11 is 6.05. The van der Waals surface area contributed by atoms with Crippen molar-refractivity contribution in [3.05, 3.63) is 63.3 Å². The molecule has 0 amide bonds. The van der Waals surface area contributed by atoms with Crippen LogP contribution in [-0.4, -0.2) is 31.0 Å². The van der Waals surface area contributed by atoms with Gasteiger partial charge in [0.15, 0.2) is 0 Å². The Kier molecular flexibility index (Phi) is 5.49. The number of nitrogens with zero attached hydrogens (tertiary/aromatic N) is 2. The van der Waals surface area contributed by atoms with Crippen LogP contribution in [0.4, 0.5) is 11.4 Å². The first-order valence-electron chi connectivity index (χ1n) is 8.25. The molecule has 29 heavy (non-hydrogen) atoms. The molecule has 1 heterocycles. The molecule has 0 fully saturated rings. The van der Waals surface area contributed by atoms with Crippen LogP contribution >= 0.6 is 11.6 Å². The molecule has 0 aliphatic carbocycles. The van der Waals surface area contributed by atoms with E-state index < -0.39 is 20.9 Å². The van der Waals surface area contributed by atoms with E-state index in [1.54, 1.807) is 19.1 Å². The molecule has 2 aromatic carbocycles. The molecule has 1 aromatic heterocycles. The number of ether oxygens (including phenoxy) is 1. The molecule has 1 N–H and O–H groups in total. The Morgan fingerprint density at radius 3 is 2.62 bits per heavy atom. The smallest absolute Gasteiger partial charge is 0.325 e. The van der Waals surface area contributed by atoms with Crippen LogP contribution in [0.15, 0.2) is 47.5 Å². The zero-order valence-corrected chi connectivity index (χ0v) is 17.0. The largest absolute Gasteiger partial charge is 0.468 e. The molecule has 0 atom stereocenters. The minimum atomic E-state index is -4.14. The molecule has 3 aromatic rings. The first-order valence-corrected chi connectivity index (χ1v) is 10.1. The number of nitro groups is 1. The van der Waals surface area contributed by atoms with Gasteiger partial charge in [0.25, 0.3) is 15.7 Å². The standard InChI is InChI=1S/C18H16ClN3O6S/c1-11-3-4-12(7-15(11)19)20-29(26,27)17-9-21(10-18(23)28-2)16-6-5-13(22(24)25)8-14(16)17/h3-9,20H,10H2,1-2H3. The SMILES string of the molecule is COC(=O)Cn1cc(S(=O)(=O)Nc2ccc(C)c(Cl)c2)c2cc([N+](=O)[O-])ccc21. The predicted octanol–water partition coefficient (Wildman–Crippen LogP) is 3.49. The minimum absolute atomic E-state index is 0.105. The number of esters is 1. The van der Waals surface area contributed by atoms with Crippen molar-refractivity contribution >= 4 is 49.9 Å². The summed E-state index contributed by atoms with van der Waals surface area (Å²) in [5.41, 5.74) is 1.08. The fraction of sp³-hybridized carbons (Fsp3) is 0.167. The second kappa shape index (κ2) is 7.72. The lowest BCUT2D eigenvalue weighted by Crippen LogP contribution is -2.13. The first-order chi connectivity index (χ1) is 13.6. The fourth-order valence-electron chi connectivity index (χ4n) is 2.78. The topological polar surface area (TPSA) is 121 Å². The zero-order chi connectivity index (χ0) is 21.3. The monoisotopic (exact) mass is 437 g/mol. The summed E-state index contributed by atoms with van der Waals surface area (Å²) in [7, 11) is -2.93. The number of halogens is 1. The van der Waals surface area contributed by atoms with Gasteiger partial charge in [0.1, 0.15) is 11.4 Å². The van der Waals surface area contributed by atoms with Gasteiger partial charge < -0.3 is 9.30 Å². The lowest BCUT2D eigenvalue weighted by Gasteiger charge is -2.08. The van der Waals surface area contributed by atoms with E-state index in [1.165, 1.54) is 36.1 Å². The zero-order valence-electron chi connectivity index (χ0n) is 15.4. The van der Waals surface area contributed by atoms with E-state index in [1.807, 2.05) is 0 Å². The van der Waals surface area contributed by atoms with Crippen LogP contribution in [0.3, 0.4) is 0 Å². The number of anilines is 1. The molecule has 0 aliphatic rings. The highest BCUT2D eigenvalue weighted by atomic mass is 35.5. The van der Waals surface area contributed by atoms with Gasteiger partial charge in [-0.1, -0.05) is 17.7 Å². The summed E-state index contributed by atoms with van der Waals surface area (Å²) in [6.45, 7) is 1.52. The van der Waals surface area contributed by atoms with Gasteiger partial charge >= 0.3 is 5.97 Å². The molecule has 0 saturated carbocycles. The Morgan fingerprint density at radius 2 is 2.00 bits per heavy atom. The number of carbonyl (C=O) groups excluding carboxylic acids is 1. The number of methoxy groups -OCH3 is 1. The maximum atomic E-state index is 13.0. The van der Waals surface area contributed by atoms with Gasteiger partial charge in [-0.15, -0.1) is 0 Å². The van der Waals surface area contributed by atoms with Crippen LogP contribution in [0.5, 0.6) is 0 Å². The molecule has 0 saturated heterocycles. The van der Waals surface area contributed by atoms with E-state index in [0.29, 0.717) is 10.5 Å². The number of carbonyl (C=O) groups is 1. The number of hydrogen-bond donors (Lipinski definition) is 1. The Hall–Kier alpha value is -3.11. The first kappa shape index (κ1) is 20.6. The molecule has 152 valence electrons. The normalized spacial score (nSPS) is 11.4. The number of benzene rings is 2. The highest BCUT2D eigenvalue weighted by Crippen LogP contribution is 2.31. The summed E-state index contributed by atoms with van der Waals surface area (Å²) in [5, 5.41) is 11.6. The molecular formula is C18H16ClN3O6S. The maximum absolute atomic E-state index is 13.0. The van der Waals surface area contributed by atoms with Gasteiger partial charge in [-0.05, 0) is 30.7 Å². The number of nitrogens with one attached hydrogen (secondary N) is 1. The highest BCUT2D eigenvalue weighted by molar-refractivity contribution is 7.93. The number of nitro benzene ring substituents is 1. The number of rotatable bonds is 6. The van der Waals surface area contributed by atoms with Crippen LogP contribution in [-0.2, 0) is 26.1 Å². The van der Waals surface area contributed by atoms with E-state index in [4.69, 9.17) is 11.6 Å². The number of sulfonamides is 1. The molecule has 0 spiro atoms. The van der Waals surface area contributed by atoms with Gasteiger partial charge in [-0.25, -0.2) is 8.42 Å². The van der Waals surface area contributed by atoms with Crippen molar-refractivity contribution in [2.45, 2.75) is 18.4 Å². The van der Waals surface area contributed by atoms with E-state index in [0.717, 1.165) is 11.6 Å². The van der Waals surface area contributed by atoms with Crippen molar-refractivity contribution in [1.29, 1.82) is 0 Å². The summed E-state index contributed by atoms with van der Waals surface area (Å²) in [6, 6.07) is 8.45. The summed E-state index contributed by atoms with van der Waals surface area (Å²) in [5.74, 6) is -0.595. The van der Waals surface area contributed by atoms with E-state index in [9.17, 15) is 23.3 Å². The van der Waals surface area contributed by atoms with Crippen LogP contribution in [0.25, 0.3) is 10.9 Å². The van der Waals surface area contributed by atoms with Crippen LogP contribution in [0.1, 0.15) is 5.56 Å². The van der Waals surface area contributed by atoms with Gasteiger partial charge in [0.05, 0.1) is 23.2 Å². The lowest BCUT2D eigenvalue weighted by atomic mass is 10.2. The summed E-state index contributed by atoms with van der Waals surface area (Å²) in [6.07, 6.45) is 1.24. The third-order valence-electron chi connectivity index (χ3n) is 4.28. The number of fused-ring (bicyclic) bond motifs is 1. The third-order valence-corrected chi connectivity index (χ3v) is 6.10. The highest BCUT2D eigenvalue weighted by Gasteiger charge is 2.24.